The number of esters is 1. The molecule has 10 heteroatoms. The molecule has 0 saturated heterocycles. The summed E-state index contributed by atoms with van der Waals surface area (Å²) in [7, 11) is -4.19. The van der Waals surface area contributed by atoms with Crippen LogP contribution in [0.4, 0.5) is 0 Å². The number of hydrogen-bond acceptors (Lipinski definition) is 9. The molecule has 0 aliphatic rings. The Balaban J connectivity index is 2.06. The highest BCUT2D eigenvalue weighted by Gasteiger charge is 2.21. The molecule has 0 fully saturated rings. The van der Waals surface area contributed by atoms with Crippen molar-refractivity contribution in [3.63, 3.8) is 0 Å². The van der Waals surface area contributed by atoms with Gasteiger partial charge in [0, 0.05) is 11.5 Å². The third-order valence-corrected chi connectivity index (χ3v) is 6.04. The first-order valence-corrected chi connectivity index (χ1v) is 12.2. The Hall–Kier alpha value is -2.40. The smallest absolute Gasteiger partial charge is 0.367 e. The van der Waals surface area contributed by atoms with Gasteiger partial charge in [-0.1, -0.05) is 52.3 Å². The number of benzene rings is 2. The quantitative estimate of drug-likeness (QED) is 0.120. The summed E-state index contributed by atoms with van der Waals surface area (Å²) in [6.07, 6.45) is 0. The minimum atomic E-state index is -4.19. The summed E-state index contributed by atoms with van der Waals surface area (Å²) >= 11 is 0.944. The predicted octanol–water partition coefficient (Wildman–Crippen LogP) is 3.71. The van der Waals surface area contributed by atoms with E-state index < -0.39 is 16.1 Å². The molecule has 0 atom stereocenters. The number of rotatable bonds is 11. The molecule has 0 aliphatic heterocycles. The predicted molar refractivity (Wildman–Crippen MR) is 122 cm³/mol. The summed E-state index contributed by atoms with van der Waals surface area (Å²) in [5, 5.41) is 3.36. The zero-order valence-electron chi connectivity index (χ0n) is 18.3. The highest BCUT2D eigenvalue weighted by atomic mass is 32.2. The van der Waals surface area contributed by atoms with E-state index in [1.165, 1.54) is 12.1 Å². The number of nitrogens with zero attached hydrogens (tertiary/aromatic N) is 1. The van der Waals surface area contributed by atoms with Crippen molar-refractivity contribution < 1.29 is 31.7 Å². The largest absolute Gasteiger partial charge is 0.458 e. The highest BCUT2D eigenvalue weighted by molar-refractivity contribution is 8.15. The van der Waals surface area contributed by atoms with Crippen LogP contribution in [0.15, 0.2) is 63.5 Å². The minimum absolute atomic E-state index is 0.0247. The van der Waals surface area contributed by atoms with Crippen molar-refractivity contribution in [3.8, 4) is 0 Å². The van der Waals surface area contributed by atoms with Crippen molar-refractivity contribution >= 4 is 32.9 Å². The van der Waals surface area contributed by atoms with Gasteiger partial charge in [0.1, 0.15) is 11.5 Å². The summed E-state index contributed by atoms with van der Waals surface area (Å²) in [5.41, 5.74) is 1.94. The lowest BCUT2D eigenvalue weighted by atomic mass is 10.2. The molecule has 0 saturated carbocycles. The second kappa shape index (κ2) is 13.2. The monoisotopic (exact) mass is 481 g/mol. The molecule has 0 bridgehead atoms. The average Bonchev–Trinajstić information content (AvgIpc) is 2.77. The van der Waals surface area contributed by atoms with Crippen LogP contribution in [0.5, 0.6) is 0 Å². The Bertz CT molecular complexity index is 988. The fourth-order valence-electron chi connectivity index (χ4n) is 2.27. The van der Waals surface area contributed by atoms with Gasteiger partial charge in [0.25, 0.3) is 0 Å². The van der Waals surface area contributed by atoms with Gasteiger partial charge in [-0.15, -0.1) is 0 Å². The molecule has 174 valence electrons. The number of ether oxygens (including phenoxy) is 3. The van der Waals surface area contributed by atoms with Crippen molar-refractivity contribution in [2.75, 3.05) is 33.0 Å². The number of carbonyl (C=O) groups excluding carboxylic acids is 1. The van der Waals surface area contributed by atoms with E-state index in [0.717, 1.165) is 22.9 Å². The van der Waals surface area contributed by atoms with E-state index in [-0.39, 0.29) is 23.2 Å². The van der Waals surface area contributed by atoms with Crippen molar-refractivity contribution in [3.05, 3.63) is 59.7 Å². The van der Waals surface area contributed by atoms with Crippen LogP contribution in [0.25, 0.3) is 0 Å². The van der Waals surface area contributed by atoms with E-state index in [1.54, 1.807) is 24.3 Å². The van der Waals surface area contributed by atoms with Crippen molar-refractivity contribution in [1.29, 1.82) is 0 Å². The van der Waals surface area contributed by atoms with Crippen LogP contribution in [-0.4, -0.2) is 52.5 Å². The number of aryl methyl sites for hydroxylation is 2. The molecule has 32 heavy (non-hydrogen) atoms. The van der Waals surface area contributed by atoms with Gasteiger partial charge in [0.15, 0.2) is 0 Å². The van der Waals surface area contributed by atoms with Crippen molar-refractivity contribution in [2.24, 2.45) is 5.16 Å². The number of oxime groups is 1. The summed E-state index contributed by atoms with van der Waals surface area (Å²) in [6.45, 7) is 7.22. The Morgan fingerprint density at radius 3 is 2.06 bits per heavy atom. The lowest BCUT2D eigenvalue weighted by molar-refractivity contribution is -0.137. The molecule has 2 aromatic rings. The molecule has 2 rings (SSSR count). The van der Waals surface area contributed by atoms with Crippen LogP contribution in [0.2, 0.25) is 0 Å². The maximum Gasteiger partial charge on any atom is 0.367 e. The zero-order valence-corrected chi connectivity index (χ0v) is 19.9. The average molecular weight is 482 g/mol. The molecule has 0 amide bonds. The topological polar surface area (TPSA) is 100 Å². The fourth-order valence-corrected chi connectivity index (χ4v) is 3.75. The molecule has 0 unspecified atom stereocenters. The minimum Gasteiger partial charge on any atom is -0.458 e. The first-order chi connectivity index (χ1) is 15.3. The first-order valence-electron chi connectivity index (χ1n) is 9.97. The van der Waals surface area contributed by atoms with Crippen LogP contribution in [0.3, 0.4) is 0 Å². The molecule has 2 aromatic carbocycles. The maximum absolute atomic E-state index is 12.5. The first kappa shape index (κ1) is 25.9. The van der Waals surface area contributed by atoms with Gasteiger partial charge >= 0.3 is 16.1 Å². The second-order valence-corrected chi connectivity index (χ2v) is 9.19. The number of hydrogen-bond donors (Lipinski definition) is 0. The molecule has 0 radical (unpaired) electrons. The third kappa shape index (κ3) is 8.99. The molecule has 8 nitrogen and oxygen atoms in total. The molecular formula is C22H27NO7S2. The SMILES string of the molecule is CCOCCOCCOC(=O)C(=NOS(=O)(=O)c1ccc(C)cc1)Sc1ccc(C)cc1. The molecule has 0 aliphatic carbocycles. The van der Waals surface area contributed by atoms with Gasteiger partial charge < -0.3 is 14.2 Å². The van der Waals surface area contributed by atoms with Crippen LogP contribution in [0, 0.1) is 13.8 Å². The Labute approximate surface area is 193 Å². The number of carbonyl (C=O) groups is 1. The standard InChI is InChI=1S/C22H27NO7S2/c1-4-27-13-14-28-15-16-29-22(24)21(31-19-9-5-17(2)6-10-19)23-30-32(25,26)20-11-7-18(3)8-12-20/h5-12H,4,13-16H2,1-3H3. The Kier molecular flexibility index (Phi) is 10.7. The van der Waals surface area contributed by atoms with Gasteiger partial charge in [-0.25, -0.2) is 4.79 Å². The number of thioether (sulfide) groups is 1. The van der Waals surface area contributed by atoms with Gasteiger partial charge in [-0.05, 0) is 45.0 Å². The second-order valence-electron chi connectivity index (χ2n) is 6.60. The van der Waals surface area contributed by atoms with Gasteiger partial charge in [0.2, 0.25) is 5.04 Å². The molecular weight excluding hydrogens is 454 g/mol. The van der Waals surface area contributed by atoms with E-state index in [2.05, 4.69) is 5.16 Å². The van der Waals surface area contributed by atoms with E-state index in [1.807, 2.05) is 32.9 Å². The van der Waals surface area contributed by atoms with E-state index in [0.29, 0.717) is 24.7 Å². The summed E-state index contributed by atoms with van der Waals surface area (Å²) < 4.78 is 45.3. The lowest BCUT2D eigenvalue weighted by Crippen LogP contribution is -2.19. The van der Waals surface area contributed by atoms with E-state index in [4.69, 9.17) is 18.5 Å². The fraction of sp³-hybridized carbons (Fsp3) is 0.364. The van der Waals surface area contributed by atoms with Crippen LogP contribution in [0.1, 0.15) is 18.1 Å². The van der Waals surface area contributed by atoms with Gasteiger partial charge in [0.05, 0.1) is 19.8 Å². The van der Waals surface area contributed by atoms with Crippen LogP contribution < -0.4 is 0 Å². The van der Waals surface area contributed by atoms with Gasteiger partial charge in [-0.2, -0.15) is 8.42 Å². The van der Waals surface area contributed by atoms with Crippen LogP contribution in [-0.2, 0) is 33.4 Å². The zero-order chi connectivity index (χ0) is 23.4. The Morgan fingerprint density at radius 2 is 1.44 bits per heavy atom. The van der Waals surface area contributed by atoms with Crippen LogP contribution >= 0.6 is 11.8 Å². The Morgan fingerprint density at radius 1 is 0.875 bits per heavy atom. The highest BCUT2D eigenvalue weighted by Crippen LogP contribution is 2.22. The maximum atomic E-state index is 12.5. The molecule has 0 aromatic heterocycles. The molecule has 0 heterocycles. The van der Waals surface area contributed by atoms with Crippen molar-refractivity contribution in [2.45, 2.75) is 30.6 Å². The van der Waals surface area contributed by atoms with Gasteiger partial charge in [-0.3, -0.25) is 4.28 Å². The van der Waals surface area contributed by atoms with Crippen molar-refractivity contribution in [1.82, 2.24) is 0 Å². The van der Waals surface area contributed by atoms with E-state index >= 15 is 0 Å². The lowest BCUT2D eigenvalue weighted by Gasteiger charge is -2.09. The summed E-state index contributed by atoms with van der Waals surface area (Å²) in [4.78, 5) is 13.1. The third-order valence-electron chi connectivity index (χ3n) is 3.98. The van der Waals surface area contributed by atoms with E-state index in [9.17, 15) is 13.2 Å². The normalized spacial score (nSPS) is 11.9. The summed E-state index contributed by atoms with van der Waals surface area (Å²) in [5.74, 6) is -0.817. The molecule has 0 spiro atoms. The molecule has 0 N–H and O–H groups in total. The summed E-state index contributed by atoms with van der Waals surface area (Å²) in [6, 6.07) is 13.4.